The van der Waals surface area contributed by atoms with Crippen LogP contribution in [0.15, 0.2) is 36.5 Å². The molecule has 0 bridgehead atoms. The number of nitrogens with zero attached hydrogens (tertiary/aromatic N) is 2. The third kappa shape index (κ3) is 3.58. The van der Waals surface area contributed by atoms with Gasteiger partial charge in [0.05, 0.1) is 12.8 Å². The highest BCUT2D eigenvalue weighted by molar-refractivity contribution is 5.91. The number of aromatic amines is 1. The van der Waals surface area contributed by atoms with E-state index >= 15 is 0 Å². The number of rotatable bonds is 6. The van der Waals surface area contributed by atoms with E-state index in [0.29, 0.717) is 18.8 Å². The Balaban J connectivity index is 1.61. The summed E-state index contributed by atoms with van der Waals surface area (Å²) in [6.45, 7) is 1.10. The molecule has 0 saturated heterocycles. The lowest BCUT2D eigenvalue weighted by Gasteiger charge is -2.06. The van der Waals surface area contributed by atoms with Gasteiger partial charge in [0.15, 0.2) is 5.69 Å². The molecular formula is C12H14N4O2. The van der Waals surface area contributed by atoms with E-state index in [4.69, 9.17) is 4.74 Å². The van der Waals surface area contributed by atoms with Crippen molar-refractivity contribution in [3.05, 3.63) is 42.2 Å². The fourth-order valence-electron chi connectivity index (χ4n) is 1.38. The van der Waals surface area contributed by atoms with Crippen molar-refractivity contribution in [2.24, 2.45) is 0 Å². The van der Waals surface area contributed by atoms with Crippen LogP contribution in [0.25, 0.3) is 0 Å². The van der Waals surface area contributed by atoms with Crippen molar-refractivity contribution in [3.63, 3.8) is 0 Å². The number of hydrogen-bond acceptors (Lipinski definition) is 4. The maximum Gasteiger partial charge on any atom is 0.273 e. The summed E-state index contributed by atoms with van der Waals surface area (Å²) in [4.78, 5) is 11.5. The standard InChI is InChI=1S/C12H14N4O2/c17-12(11-9-14-16-15-11)13-7-4-8-18-10-5-2-1-3-6-10/h1-3,5-6,9H,4,7-8H2,(H,13,17)(H,14,15,16). The fourth-order valence-corrected chi connectivity index (χ4v) is 1.38. The Labute approximate surface area is 104 Å². The normalized spacial score (nSPS) is 10.0. The Morgan fingerprint density at radius 1 is 1.33 bits per heavy atom. The molecule has 0 fully saturated rings. The lowest BCUT2D eigenvalue weighted by molar-refractivity contribution is 0.0946. The average molecular weight is 246 g/mol. The predicted molar refractivity (Wildman–Crippen MR) is 65.3 cm³/mol. The zero-order chi connectivity index (χ0) is 12.6. The van der Waals surface area contributed by atoms with Gasteiger partial charge in [-0.25, -0.2) is 0 Å². The number of ether oxygens (including phenoxy) is 1. The van der Waals surface area contributed by atoms with Crippen LogP contribution in [0.2, 0.25) is 0 Å². The molecule has 0 radical (unpaired) electrons. The second-order valence-electron chi connectivity index (χ2n) is 3.63. The zero-order valence-corrected chi connectivity index (χ0v) is 9.80. The van der Waals surface area contributed by atoms with Gasteiger partial charge in [0, 0.05) is 6.54 Å². The Morgan fingerprint density at radius 2 is 2.17 bits per heavy atom. The largest absolute Gasteiger partial charge is 0.494 e. The van der Waals surface area contributed by atoms with Crippen LogP contribution in [0.3, 0.4) is 0 Å². The van der Waals surface area contributed by atoms with E-state index in [-0.39, 0.29) is 5.91 Å². The zero-order valence-electron chi connectivity index (χ0n) is 9.80. The molecule has 1 aromatic heterocycles. The molecule has 2 rings (SSSR count). The van der Waals surface area contributed by atoms with E-state index in [1.165, 1.54) is 6.20 Å². The minimum absolute atomic E-state index is 0.233. The minimum atomic E-state index is -0.233. The number of H-pyrrole nitrogens is 1. The number of para-hydroxylation sites is 1. The molecule has 1 aromatic carbocycles. The van der Waals surface area contributed by atoms with Gasteiger partial charge in [0.2, 0.25) is 0 Å². The molecule has 1 heterocycles. The maximum atomic E-state index is 11.5. The number of aromatic nitrogens is 3. The van der Waals surface area contributed by atoms with E-state index in [9.17, 15) is 4.79 Å². The summed E-state index contributed by atoms with van der Waals surface area (Å²) >= 11 is 0. The summed E-state index contributed by atoms with van der Waals surface area (Å²) < 4.78 is 5.49. The molecule has 2 N–H and O–H groups in total. The highest BCUT2D eigenvalue weighted by Gasteiger charge is 2.06. The predicted octanol–water partition coefficient (Wildman–Crippen LogP) is 1.00. The van der Waals surface area contributed by atoms with E-state index in [1.807, 2.05) is 30.3 Å². The first-order chi connectivity index (χ1) is 8.86. The third-order valence-corrected chi connectivity index (χ3v) is 2.27. The van der Waals surface area contributed by atoms with Gasteiger partial charge in [-0.3, -0.25) is 4.79 Å². The van der Waals surface area contributed by atoms with Crippen molar-refractivity contribution in [2.45, 2.75) is 6.42 Å². The Kier molecular flexibility index (Phi) is 4.29. The first-order valence-corrected chi connectivity index (χ1v) is 5.68. The molecule has 0 aliphatic rings. The van der Waals surface area contributed by atoms with Crippen molar-refractivity contribution >= 4 is 5.91 Å². The molecule has 2 aromatic rings. The number of hydrogen-bond donors (Lipinski definition) is 2. The molecular weight excluding hydrogens is 232 g/mol. The summed E-state index contributed by atoms with van der Waals surface area (Å²) in [5, 5.41) is 12.4. The number of benzene rings is 1. The summed E-state index contributed by atoms with van der Waals surface area (Å²) in [5.74, 6) is 0.601. The Bertz CT molecular complexity index is 470. The maximum absolute atomic E-state index is 11.5. The van der Waals surface area contributed by atoms with Crippen LogP contribution < -0.4 is 10.1 Å². The van der Waals surface area contributed by atoms with Crippen LogP contribution in [0.5, 0.6) is 5.75 Å². The highest BCUT2D eigenvalue weighted by Crippen LogP contribution is 2.07. The molecule has 0 unspecified atom stereocenters. The molecule has 0 spiro atoms. The molecule has 0 atom stereocenters. The average Bonchev–Trinajstić information content (AvgIpc) is 2.93. The van der Waals surface area contributed by atoms with Gasteiger partial charge >= 0.3 is 0 Å². The van der Waals surface area contributed by atoms with Crippen molar-refractivity contribution in [1.29, 1.82) is 0 Å². The topological polar surface area (TPSA) is 79.9 Å². The van der Waals surface area contributed by atoms with Crippen molar-refractivity contribution < 1.29 is 9.53 Å². The van der Waals surface area contributed by atoms with E-state index in [1.54, 1.807) is 0 Å². The van der Waals surface area contributed by atoms with Crippen molar-refractivity contribution in [1.82, 2.24) is 20.7 Å². The summed E-state index contributed by atoms with van der Waals surface area (Å²) in [5.41, 5.74) is 0.291. The second kappa shape index (κ2) is 6.39. The summed E-state index contributed by atoms with van der Waals surface area (Å²) in [7, 11) is 0. The Morgan fingerprint density at radius 3 is 2.89 bits per heavy atom. The van der Waals surface area contributed by atoms with Gasteiger partial charge in [0.25, 0.3) is 5.91 Å². The smallest absolute Gasteiger partial charge is 0.273 e. The van der Waals surface area contributed by atoms with Gasteiger partial charge in [0.1, 0.15) is 5.75 Å². The van der Waals surface area contributed by atoms with Crippen molar-refractivity contribution in [3.8, 4) is 5.75 Å². The second-order valence-corrected chi connectivity index (χ2v) is 3.63. The van der Waals surface area contributed by atoms with Gasteiger partial charge in [-0.05, 0) is 18.6 Å². The minimum Gasteiger partial charge on any atom is -0.494 e. The number of nitrogens with one attached hydrogen (secondary N) is 2. The summed E-state index contributed by atoms with van der Waals surface area (Å²) in [6.07, 6.45) is 2.12. The van der Waals surface area contributed by atoms with E-state index in [2.05, 4.69) is 20.7 Å². The number of amides is 1. The van der Waals surface area contributed by atoms with E-state index < -0.39 is 0 Å². The summed E-state index contributed by atoms with van der Waals surface area (Å²) in [6, 6.07) is 9.57. The molecule has 6 heteroatoms. The first kappa shape index (κ1) is 12.1. The lowest BCUT2D eigenvalue weighted by Crippen LogP contribution is -2.25. The van der Waals surface area contributed by atoms with E-state index in [0.717, 1.165) is 12.2 Å². The van der Waals surface area contributed by atoms with Crippen LogP contribution in [-0.4, -0.2) is 34.5 Å². The van der Waals surface area contributed by atoms with Crippen LogP contribution in [-0.2, 0) is 0 Å². The molecule has 1 amide bonds. The highest BCUT2D eigenvalue weighted by atomic mass is 16.5. The van der Waals surface area contributed by atoms with Crippen LogP contribution in [0.1, 0.15) is 16.9 Å². The van der Waals surface area contributed by atoms with Gasteiger partial charge in [-0.1, -0.05) is 18.2 Å². The SMILES string of the molecule is O=C(NCCCOc1ccccc1)c1cn[nH]n1. The monoisotopic (exact) mass is 246 g/mol. The Hall–Kier alpha value is -2.37. The fraction of sp³-hybridized carbons (Fsp3) is 0.250. The van der Waals surface area contributed by atoms with Gasteiger partial charge in [-0.2, -0.15) is 15.4 Å². The van der Waals surface area contributed by atoms with Crippen LogP contribution >= 0.6 is 0 Å². The molecule has 94 valence electrons. The molecule has 6 nitrogen and oxygen atoms in total. The number of carbonyl (C=O) groups is 1. The quantitative estimate of drug-likeness (QED) is 0.745. The third-order valence-electron chi connectivity index (χ3n) is 2.27. The van der Waals surface area contributed by atoms with Gasteiger partial charge in [-0.15, -0.1) is 0 Å². The van der Waals surface area contributed by atoms with Crippen molar-refractivity contribution in [2.75, 3.05) is 13.2 Å². The molecule has 0 aliphatic heterocycles. The molecule has 18 heavy (non-hydrogen) atoms. The van der Waals surface area contributed by atoms with Gasteiger partial charge < -0.3 is 10.1 Å². The molecule has 0 saturated carbocycles. The number of carbonyl (C=O) groups excluding carboxylic acids is 1. The molecule has 0 aliphatic carbocycles. The van der Waals surface area contributed by atoms with Crippen LogP contribution in [0.4, 0.5) is 0 Å². The first-order valence-electron chi connectivity index (χ1n) is 5.68. The lowest BCUT2D eigenvalue weighted by atomic mass is 10.3. The van der Waals surface area contributed by atoms with Crippen LogP contribution in [0, 0.1) is 0 Å².